The zero-order valence-electron chi connectivity index (χ0n) is 15.8. The molecule has 0 N–H and O–H groups in total. The largest absolute Gasteiger partial charge is 0.299 e. The number of hydrogen-bond donors (Lipinski definition) is 0. The van der Waals surface area contributed by atoms with Crippen molar-refractivity contribution < 1.29 is 0 Å². The Morgan fingerprint density at radius 1 is 0.759 bits per heavy atom. The Hall–Kier alpha value is -3.43. The van der Waals surface area contributed by atoms with Crippen LogP contribution in [0.2, 0.25) is 0 Å². The van der Waals surface area contributed by atoms with Crippen LogP contribution in [0.3, 0.4) is 0 Å². The van der Waals surface area contributed by atoms with Gasteiger partial charge >= 0.3 is 0 Å². The highest BCUT2D eigenvalue weighted by atomic mass is 32.1. The summed E-state index contributed by atoms with van der Waals surface area (Å²) >= 11 is 1.85. The zero-order valence-corrected chi connectivity index (χ0v) is 16.6. The van der Waals surface area contributed by atoms with Gasteiger partial charge in [-0.1, -0.05) is 42.5 Å². The standard InChI is InChI=1S/C26H16N2S/c1-15-12-19-18-8-4-5-9-22(18)28-25(19)20(13-15)21-14-23(29-26(21)28)24-17-7-3-2-6-16(17)10-11-27-24/h2-14H,1H3. The normalized spacial score (nSPS) is 12.3. The molecule has 7 aromatic rings. The lowest BCUT2D eigenvalue weighted by Crippen LogP contribution is -1.82. The summed E-state index contributed by atoms with van der Waals surface area (Å²) < 4.78 is 2.45. The van der Waals surface area contributed by atoms with Gasteiger partial charge in [-0.2, -0.15) is 0 Å². The van der Waals surface area contributed by atoms with Crippen molar-refractivity contribution >= 4 is 59.5 Å². The van der Waals surface area contributed by atoms with Gasteiger partial charge in [0.25, 0.3) is 0 Å². The molecule has 0 amide bonds. The summed E-state index contributed by atoms with van der Waals surface area (Å²) in [5, 5.41) is 7.79. The van der Waals surface area contributed by atoms with Crippen LogP contribution in [-0.2, 0) is 0 Å². The minimum Gasteiger partial charge on any atom is -0.299 e. The maximum Gasteiger partial charge on any atom is 0.109 e. The fraction of sp³-hybridized carbons (Fsp3) is 0.0385. The van der Waals surface area contributed by atoms with Crippen molar-refractivity contribution in [3.63, 3.8) is 0 Å². The molecule has 136 valence electrons. The minimum atomic E-state index is 1.07. The van der Waals surface area contributed by atoms with E-state index >= 15 is 0 Å². The highest BCUT2D eigenvalue weighted by molar-refractivity contribution is 7.22. The molecule has 0 spiro atoms. The molecule has 0 fully saturated rings. The summed E-state index contributed by atoms with van der Waals surface area (Å²) in [5.74, 6) is 0. The van der Waals surface area contributed by atoms with E-state index in [0.29, 0.717) is 0 Å². The van der Waals surface area contributed by atoms with Crippen molar-refractivity contribution in [2.75, 3.05) is 0 Å². The number of benzene rings is 3. The molecule has 0 atom stereocenters. The van der Waals surface area contributed by atoms with Crippen molar-refractivity contribution in [2.24, 2.45) is 0 Å². The molecule has 0 aliphatic rings. The molecule has 0 saturated carbocycles. The Labute approximate surface area is 171 Å². The molecule has 0 saturated heterocycles. The van der Waals surface area contributed by atoms with Crippen LogP contribution in [-0.4, -0.2) is 9.38 Å². The Morgan fingerprint density at radius 2 is 1.52 bits per heavy atom. The van der Waals surface area contributed by atoms with Crippen LogP contribution >= 0.6 is 11.3 Å². The molecule has 0 unspecified atom stereocenters. The molecular weight excluding hydrogens is 372 g/mol. The van der Waals surface area contributed by atoms with Crippen molar-refractivity contribution in [2.45, 2.75) is 6.92 Å². The number of aromatic nitrogens is 2. The van der Waals surface area contributed by atoms with Crippen LogP contribution < -0.4 is 0 Å². The summed E-state index contributed by atoms with van der Waals surface area (Å²) in [6, 6.07) is 26.3. The second-order valence-corrected chi connectivity index (χ2v) is 8.80. The van der Waals surface area contributed by atoms with Crippen molar-refractivity contribution in [3.05, 3.63) is 84.6 Å². The number of aryl methyl sites for hydroxylation is 1. The third-order valence-corrected chi connectivity index (χ3v) is 7.15. The third kappa shape index (κ3) is 1.93. The molecular formula is C26H16N2S. The number of nitrogens with zero attached hydrogens (tertiary/aromatic N) is 2. The maximum atomic E-state index is 4.76. The van der Waals surface area contributed by atoms with Crippen LogP contribution in [0, 0.1) is 6.92 Å². The SMILES string of the molecule is Cc1cc2c3ccccc3n3c4sc(-c5nccc6ccccc56)cc4c(c1)c23. The monoisotopic (exact) mass is 388 g/mol. The van der Waals surface area contributed by atoms with E-state index in [4.69, 9.17) is 4.98 Å². The van der Waals surface area contributed by atoms with Crippen molar-refractivity contribution in [1.82, 2.24) is 9.38 Å². The van der Waals surface area contributed by atoms with Gasteiger partial charge in [0.1, 0.15) is 4.83 Å². The quantitative estimate of drug-likeness (QED) is 0.286. The Balaban J connectivity index is 1.67. The Bertz CT molecular complexity index is 1710. The zero-order chi connectivity index (χ0) is 19.1. The molecule has 3 aromatic carbocycles. The van der Waals surface area contributed by atoms with Crippen LogP contribution in [0.25, 0.3) is 58.8 Å². The predicted octanol–water partition coefficient (Wildman–Crippen LogP) is 7.42. The highest BCUT2D eigenvalue weighted by Crippen LogP contribution is 2.45. The molecule has 0 radical (unpaired) electrons. The first-order chi connectivity index (χ1) is 14.3. The molecule has 29 heavy (non-hydrogen) atoms. The van der Waals surface area contributed by atoms with Gasteiger partial charge in [-0.15, -0.1) is 11.3 Å². The Kier molecular flexibility index (Phi) is 2.85. The molecule has 0 aliphatic heterocycles. The molecule has 4 aromatic heterocycles. The first kappa shape index (κ1) is 15.5. The molecule has 7 rings (SSSR count). The lowest BCUT2D eigenvalue weighted by Gasteiger charge is -2.03. The lowest BCUT2D eigenvalue weighted by molar-refractivity contribution is 1.37. The van der Waals surface area contributed by atoms with Gasteiger partial charge in [0.05, 0.1) is 21.6 Å². The van der Waals surface area contributed by atoms with Crippen molar-refractivity contribution in [1.29, 1.82) is 0 Å². The van der Waals surface area contributed by atoms with Gasteiger partial charge in [0, 0.05) is 33.1 Å². The van der Waals surface area contributed by atoms with Gasteiger partial charge in [0.15, 0.2) is 0 Å². The molecule has 3 heteroatoms. The van der Waals surface area contributed by atoms with Crippen molar-refractivity contribution in [3.8, 4) is 10.6 Å². The van der Waals surface area contributed by atoms with E-state index in [1.54, 1.807) is 0 Å². The smallest absolute Gasteiger partial charge is 0.109 e. The first-order valence-corrected chi connectivity index (χ1v) is 10.6. The second-order valence-electron chi connectivity index (χ2n) is 7.77. The average Bonchev–Trinajstić information content (AvgIpc) is 3.40. The van der Waals surface area contributed by atoms with E-state index in [9.17, 15) is 0 Å². The van der Waals surface area contributed by atoms with E-state index < -0.39 is 0 Å². The second kappa shape index (κ2) is 5.34. The number of rotatable bonds is 1. The summed E-state index contributed by atoms with van der Waals surface area (Å²) in [6.45, 7) is 2.19. The summed E-state index contributed by atoms with van der Waals surface area (Å²) in [4.78, 5) is 7.30. The molecule has 2 nitrogen and oxygen atoms in total. The number of hydrogen-bond acceptors (Lipinski definition) is 2. The third-order valence-electron chi connectivity index (χ3n) is 6.03. The summed E-state index contributed by atoms with van der Waals surface area (Å²) in [5.41, 5.74) is 5.01. The molecule has 0 bridgehead atoms. The van der Waals surface area contributed by atoms with Gasteiger partial charge in [0.2, 0.25) is 0 Å². The van der Waals surface area contributed by atoms with Crippen LogP contribution in [0.15, 0.2) is 79.0 Å². The highest BCUT2D eigenvalue weighted by Gasteiger charge is 2.20. The molecule has 4 heterocycles. The van der Waals surface area contributed by atoms with E-state index in [0.717, 1.165) is 5.69 Å². The average molecular weight is 388 g/mol. The number of para-hydroxylation sites is 1. The van der Waals surface area contributed by atoms with E-state index in [2.05, 4.69) is 84.1 Å². The van der Waals surface area contributed by atoms with Crippen LogP contribution in [0.1, 0.15) is 5.56 Å². The van der Waals surface area contributed by atoms with Crippen LogP contribution in [0.5, 0.6) is 0 Å². The predicted molar refractivity (Wildman–Crippen MR) is 124 cm³/mol. The fourth-order valence-corrected chi connectivity index (χ4v) is 6.04. The minimum absolute atomic E-state index is 1.07. The Morgan fingerprint density at radius 3 is 2.41 bits per heavy atom. The first-order valence-electron chi connectivity index (χ1n) is 9.82. The summed E-state index contributed by atoms with van der Waals surface area (Å²) in [6.07, 6.45) is 1.92. The maximum absolute atomic E-state index is 4.76. The van der Waals surface area contributed by atoms with Crippen LogP contribution in [0.4, 0.5) is 0 Å². The lowest BCUT2D eigenvalue weighted by atomic mass is 10.1. The van der Waals surface area contributed by atoms with E-state index in [-0.39, 0.29) is 0 Å². The molecule has 0 aliphatic carbocycles. The van der Waals surface area contributed by atoms with E-state index in [1.165, 1.54) is 58.6 Å². The number of thiophene rings is 1. The van der Waals surface area contributed by atoms with Gasteiger partial charge in [-0.25, -0.2) is 0 Å². The number of fused-ring (bicyclic) bond motifs is 7. The van der Waals surface area contributed by atoms with Gasteiger partial charge in [-0.3, -0.25) is 9.38 Å². The van der Waals surface area contributed by atoms with E-state index in [1.807, 2.05) is 17.5 Å². The van der Waals surface area contributed by atoms with Gasteiger partial charge < -0.3 is 0 Å². The fourth-order valence-electron chi connectivity index (χ4n) is 4.83. The van der Waals surface area contributed by atoms with Gasteiger partial charge in [-0.05, 0) is 48.2 Å². The summed E-state index contributed by atoms with van der Waals surface area (Å²) in [7, 11) is 0. The number of pyridine rings is 1. The topological polar surface area (TPSA) is 17.3 Å².